The van der Waals surface area contributed by atoms with Gasteiger partial charge in [-0.05, 0) is 25.3 Å². The van der Waals surface area contributed by atoms with Crippen LogP contribution >= 0.6 is 11.8 Å². The van der Waals surface area contributed by atoms with Crippen molar-refractivity contribution < 1.29 is 9.59 Å². The second kappa shape index (κ2) is 5.05. The number of rotatable bonds is 2. The fraction of sp³-hybridized carbons (Fsp3) is 0.800. The largest absolute Gasteiger partial charge is 0.341 e. The number of piperidine rings is 1. The molecular formula is C10H17N3O2S. The molecule has 2 aliphatic rings. The molecule has 5 nitrogen and oxygen atoms in total. The van der Waals surface area contributed by atoms with Gasteiger partial charge >= 0.3 is 0 Å². The van der Waals surface area contributed by atoms with Gasteiger partial charge in [0.15, 0.2) is 0 Å². The van der Waals surface area contributed by atoms with Crippen LogP contribution in [0.15, 0.2) is 0 Å². The minimum atomic E-state index is -0.313. The Bertz CT molecular complexity index is 290. The maximum absolute atomic E-state index is 12.0. The molecule has 2 rings (SSSR count). The lowest BCUT2D eigenvalue weighted by atomic mass is 9.97. The van der Waals surface area contributed by atoms with Crippen LogP contribution in [0.2, 0.25) is 0 Å². The molecule has 0 aliphatic carbocycles. The summed E-state index contributed by atoms with van der Waals surface area (Å²) >= 11 is 1.19. The third-order valence-corrected chi connectivity index (χ3v) is 4.11. The summed E-state index contributed by atoms with van der Waals surface area (Å²) in [5.41, 5.74) is 5.60. The summed E-state index contributed by atoms with van der Waals surface area (Å²) in [4.78, 5) is 24.9. The number of carbonyl (C=O) groups excluding carboxylic acids is 2. The van der Waals surface area contributed by atoms with Crippen molar-refractivity contribution in [2.45, 2.75) is 18.9 Å². The Labute approximate surface area is 99.1 Å². The third-order valence-electron chi connectivity index (χ3n) is 3.23. The number of nitrogens with zero attached hydrogens (tertiary/aromatic N) is 1. The minimum Gasteiger partial charge on any atom is -0.341 e. The summed E-state index contributed by atoms with van der Waals surface area (Å²) < 4.78 is 0. The molecule has 0 unspecified atom stereocenters. The zero-order chi connectivity index (χ0) is 11.5. The second-order valence-electron chi connectivity index (χ2n) is 4.30. The molecule has 2 aliphatic heterocycles. The van der Waals surface area contributed by atoms with E-state index in [4.69, 9.17) is 5.73 Å². The van der Waals surface area contributed by atoms with E-state index in [0.717, 1.165) is 25.9 Å². The summed E-state index contributed by atoms with van der Waals surface area (Å²) in [5, 5.41) is 2.60. The van der Waals surface area contributed by atoms with Crippen molar-refractivity contribution in [1.82, 2.24) is 10.2 Å². The van der Waals surface area contributed by atoms with Gasteiger partial charge in [-0.3, -0.25) is 9.59 Å². The van der Waals surface area contributed by atoms with Gasteiger partial charge in [0.25, 0.3) is 5.24 Å². The second-order valence-corrected chi connectivity index (χ2v) is 5.29. The van der Waals surface area contributed by atoms with Gasteiger partial charge in [0, 0.05) is 18.8 Å². The average molecular weight is 243 g/mol. The fourth-order valence-corrected chi connectivity index (χ4v) is 2.90. The molecule has 0 bridgehead atoms. The van der Waals surface area contributed by atoms with Gasteiger partial charge in [-0.25, -0.2) is 0 Å². The molecule has 2 saturated heterocycles. The molecule has 2 fully saturated rings. The number of amides is 2. The number of nitrogens with one attached hydrogen (secondary N) is 1. The molecule has 0 aromatic carbocycles. The van der Waals surface area contributed by atoms with Crippen molar-refractivity contribution >= 4 is 22.9 Å². The number of nitrogens with two attached hydrogens (primary N) is 1. The minimum absolute atomic E-state index is 0.0637. The lowest BCUT2D eigenvalue weighted by Crippen LogP contribution is -2.49. The quantitative estimate of drug-likeness (QED) is 0.716. The third kappa shape index (κ3) is 2.49. The Morgan fingerprint density at radius 3 is 2.69 bits per heavy atom. The number of likely N-dealkylation sites (tertiary alicyclic amines) is 1. The van der Waals surface area contributed by atoms with Gasteiger partial charge in [0.2, 0.25) is 5.91 Å². The maximum atomic E-state index is 12.0. The van der Waals surface area contributed by atoms with Crippen LogP contribution in [0.5, 0.6) is 0 Å². The highest BCUT2D eigenvalue weighted by molar-refractivity contribution is 8.14. The van der Waals surface area contributed by atoms with Crippen molar-refractivity contribution in [3.05, 3.63) is 0 Å². The molecule has 0 radical (unpaired) electrons. The molecule has 0 aromatic heterocycles. The van der Waals surface area contributed by atoms with E-state index < -0.39 is 0 Å². The van der Waals surface area contributed by atoms with Gasteiger partial charge < -0.3 is 16.0 Å². The van der Waals surface area contributed by atoms with Gasteiger partial charge in [0.1, 0.15) is 6.04 Å². The van der Waals surface area contributed by atoms with Gasteiger partial charge in [-0.1, -0.05) is 11.8 Å². The number of hydrogen-bond acceptors (Lipinski definition) is 4. The van der Waals surface area contributed by atoms with Crippen molar-refractivity contribution in [3.8, 4) is 0 Å². The first-order valence-electron chi connectivity index (χ1n) is 5.63. The predicted molar refractivity (Wildman–Crippen MR) is 63.1 cm³/mol. The average Bonchev–Trinajstić information content (AvgIpc) is 2.75. The Morgan fingerprint density at radius 1 is 1.50 bits per heavy atom. The predicted octanol–water partition coefficient (Wildman–Crippen LogP) is 0.00870. The summed E-state index contributed by atoms with van der Waals surface area (Å²) in [6.45, 7) is 2.26. The van der Waals surface area contributed by atoms with E-state index >= 15 is 0 Å². The van der Waals surface area contributed by atoms with E-state index in [-0.39, 0.29) is 17.2 Å². The Hall–Kier alpha value is -0.750. The van der Waals surface area contributed by atoms with Crippen LogP contribution in [0, 0.1) is 5.92 Å². The lowest BCUT2D eigenvalue weighted by Gasteiger charge is -2.32. The van der Waals surface area contributed by atoms with Crippen LogP contribution in [-0.2, 0) is 4.79 Å². The van der Waals surface area contributed by atoms with Crippen LogP contribution in [0.3, 0.4) is 0 Å². The maximum Gasteiger partial charge on any atom is 0.279 e. The smallest absolute Gasteiger partial charge is 0.279 e. The number of thioether (sulfide) groups is 1. The standard InChI is InChI=1S/C10H17N3O2S/c11-5-7-1-3-13(4-2-7)9(14)8-6-16-10(15)12-8/h7-8H,1-6,11H2,(H,12,15)/t8-/m0/s1. The van der Waals surface area contributed by atoms with Crippen molar-refractivity contribution in [3.63, 3.8) is 0 Å². The normalized spacial score (nSPS) is 26.9. The molecule has 0 saturated carbocycles. The SMILES string of the molecule is NCC1CCN(C(=O)[C@@H]2CSC(=O)N2)CC1. The summed E-state index contributed by atoms with van der Waals surface area (Å²) in [7, 11) is 0. The van der Waals surface area contributed by atoms with Crippen LogP contribution in [-0.4, -0.2) is 47.5 Å². The van der Waals surface area contributed by atoms with E-state index in [1.165, 1.54) is 11.8 Å². The van der Waals surface area contributed by atoms with E-state index in [1.807, 2.05) is 4.90 Å². The molecule has 2 amide bonds. The Balaban J connectivity index is 1.84. The first-order valence-corrected chi connectivity index (χ1v) is 6.61. The van der Waals surface area contributed by atoms with Crippen LogP contribution in [0.4, 0.5) is 4.79 Å². The number of hydrogen-bond donors (Lipinski definition) is 2. The van der Waals surface area contributed by atoms with Gasteiger partial charge in [-0.15, -0.1) is 0 Å². The first-order chi connectivity index (χ1) is 7.70. The molecule has 0 spiro atoms. The molecule has 16 heavy (non-hydrogen) atoms. The zero-order valence-corrected chi connectivity index (χ0v) is 9.96. The van der Waals surface area contributed by atoms with Crippen LogP contribution in [0.1, 0.15) is 12.8 Å². The highest BCUT2D eigenvalue weighted by Crippen LogP contribution is 2.19. The van der Waals surface area contributed by atoms with E-state index in [0.29, 0.717) is 18.2 Å². The lowest BCUT2D eigenvalue weighted by molar-refractivity contribution is -0.133. The Morgan fingerprint density at radius 2 is 2.19 bits per heavy atom. The summed E-state index contributed by atoms with van der Waals surface area (Å²) in [5.74, 6) is 1.18. The fourth-order valence-electron chi connectivity index (χ4n) is 2.13. The zero-order valence-electron chi connectivity index (χ0n) is 9.15. The topological polar surface area (TPSA) is 75.4 Å². The molecule has 3 N–H and O–H groups in total. The first kappa shape index (κ1) is 11.7. The molecule has 6 heteroatoms. The van der Waals surface area contributed by atoms with E-state index in [1.54, 1.807) is 0 Å². The van der Waals surface area contributed by atoms with Crippen molar-refractivity contribution in [2.75, 3.05) is 25.4 Å². The monoisotopic (exact) mass is 243 g/mol. The van der Waals surface area contributed by atoms with Crippen LogP contribution in [0.25, 0.3) is 0 Å². The molecule has 0 aromatic rings. The molecule has 2 heterocycles. The van der Waals surface area contributed by atoms with Crippen molar-refractivity contribution in [1.29, 1.82) is 0 Å². The van der Waals surface area contributed by atoms with Gasteiger partial charge in [-0.2, -0.15) is 0 Å². The molecule has 1 atom stereocenters. The molecular weight excluding hydrogens is 226 g/mol. The van der Waals surface area contributed by atoms with Crippen molar-refractivity contribution in [2.24, 2.45) is 11.7 Å². The Kier molecular flexibility index (Phi) is 3.70. The van der Waals surface area contributed by atoms with Gasteiger partial charge in [0.05, 0.1) is 0 Å². The highest BCUT2D eigenvalue weighted by atomic mass is 32.2. The number of carbonyl (C=O) groups is 2. The highest BCUT2D eigenvalue weighted by Gasteiger charge is 2.32. The van der Waals surface area contributed by atoms with Crippen LogP contribution < -0.4 is 11.1 Å². The van der Waals surface area contributed by atoms with E-state index in [9.17, 15) is 9.59 Å². The molecule has 90 valence electrons. The summed E-state index contributed by atoms with van der Waals surface area (Å²) in [6.07, 6.45) is 1.96. The summed E-state index contributed by atoms with van der Waals surface area (Å²) in [6, 6.07) is -0.313. The van der Waals surface area contributed by atoms with E-state index in [2.05, 4.69) is 5.32 Å².